The van der Waals surface area contributed by atoms with Crippen LogP contribution in [0.4, 0.5) is 4.39 Å². The minimum atomic E-state index is -0.382. The van der Waals surface area contributed by atoms with Crippen molar-refractivity contribution in [2.45, 2.75) is 44.6 Å². The van der Waals surface area contributed by atoms with Crippen LogP contribution in [0.5, 0.6) is 0 Å². The molecule has 1 aliphatic rings. The third-order valence-electron chi connectivity index (χ3n) is 3.80. The van der Waals surface area contributed by atoms with Gasteiger partial charge in [-0.1, -0.05) is 41.6 Å². The molecule has 0 atom stereocenters. The van der Waals surface area contributed by atoms with Gasteiger partial charge in [0.25, 0.3) is 5.91 Å². The van der Waals surface area contributed by atoms with Crippen molar-refractivity contribution in [3.63, 3.8) is 0 Å². The van der Waals surface area contributed by atoms with Crippen molar-refractivity contribution >= 4 is 21.8 Å². The normalized spacial score (nSPS) is 17.0. The van der Waals surface area contributed by atoms with Crippen molar-refractivity contribution in [1.82, 2.24) is 4.90 Å². The van der Waals surface area contributed by atoms with Crippen LogP contribution in [-0.2, 0) is 0 Å². The Morgan fingerprint density at radius 3 is 2.42 bits per heavy atom. The van der Waals surface area contributed by atoms with Crippen LogP contribution in [0.1, 0.15) is 48.9 Å². The molecule has 1 aromatic carbocycles. The third kappa shape index (κ3) is 3.78. The van der Waals surface area contributed by atoms with E-state index in [-0.39, 0.29) is 17.8 Å². The first kappa shape index (κ1) is 14.5. The number of carbonyl (C=O) groups excluding carboxylic acids is 1. The van der Waals surface area contributed by atoms with Crippen molar-refractivity contribution in [2.24, 2.45) is 0 Å². The molecule has 2 nitrogen and oxygen atoms in total. The molecule has 1 fully saturated rings. The first-order chi connectivity index (χ1) is 9.08. The molecule has 0 aliphatic heterocycles. The van der Waals surface area contributed by atoms with Gasteiger partial charge in [-0.15, -0.1) is 0 Å². The van der Waals surface area contributed by atoms with Gasteiger partial charge in [0, 0.05) is 23.1 Å². The Labute approximate surface area is 122 Å². The first-order valence-electron chi connectivity index (χ1n) is 6.81. The molecule has 19 heavy (non-hydrogen) atoms. The lowest BCUT2D eigenvalue weighted by Crippen LogP contribution is -2.36. The van der Waals surface area contributed by atoms with E-state index in [1.165, 1.54) is 37.8 Å². The Morgan fingerprint density at radius 1 is 1.21 bits per heavy atom. The van der Waals surface area contributed by atoms with Gasteiger partial charge >= 0.3 is 0 Å². The molecule has 0 radical (unpaired) electrons. The molecule has 0 saturated heterocycles. The number of carbonyl (C=O) groups is 1. The maximum absolute atomic E-state index is 13.4. The zero-order valence-corrected chi connectivity index (χ0v) is 12.7. The fourth-order valence-electron chi connectivity index (χ4n) is 2.69. The van der Waals surface area contributed by atoms with Crippen LogP contribution in [-0.4, -0.2) is 23.9 Å². The summed E-state index contributed by atoms with van der Waals surface area (Å²) in [5.74, 6) is -0.473. The Kier molecular flexibility index (Phi) is 4.97. The summed E-state index contributed by atoms with van der Waals surface area (Å²) in [7, 11) is 1.83. The number of hydrogen-bond acceptors (Lipinski definition) is 1. The maximum atomic E-state index is 13.4. The molecular formula is C15H19BrFNO. The highest BCUT2D eigenvalue weighted by Crippen LogP contribution is 2.23. The molecule has 0 aromatic heterocycles. The molecule has 0 unspecified atom stereocenters. The predicted molar refractivity (Wildman–Crippen MR) is 77.7 cm³/mol. The highest BCUT2D eigenvalue weighted by Gasteiger charge is 2.22. The maximum Gasteiger partial charge on any atom is 0.253 e. The molecule has 1 aliphatic carbocycles. The highest BCUT2D eigenvalue weighted by atomic mass is 79.9. The van der Waals surface area contributed by atoms with Crippen LogP contribution in [0.2, 0.25) is 0 Å². The summed E-state index contributed by atoms with van der Waals surface area (Å²) in [4.78, 5) is 14.2. The lowest BCUT2D eigenvalue weighted by atomic mass is 10.1. The van der Waals surface area contributed by atoms with E-state index in [4.69, 9.17) is 0 Å². The van der Waals surface area contributed by atoms with E-state index < -0.39 is 0 Å². The minimum absolute atomic E-state index is 0.0906. The van der Waals surface area contributed by atoms with E-state index in [0.717, 1.165) is 12.8 Å². The summed E-state index contributed by atoms with van der Waals surface area (Å²) < 4.78 is 14.0. The highest BCUT2D eigenvalue weighted by molar-refractivity contribution is 9.10. The molecule has 0 heterocycles. The third-order valence-corrected chi connectivity index (χ3v) is 4.26. The van der Waals surface area contributed by atoms with Gasteiger partial charge in [-0.05, 0) is 31.0 Å². The summed E-state index contributed by atoms with van der Waals surface area (Å²) in [5.41, 5.74) is 0.415. The van der Waals surface area contributed by atoms with E-state index in [1.807, 2.05) is 7.05 Å². The number of hydrogen-bond donors (Lipinski definition) is 0. The second kappa shape index (κ2) is 6.51. The minimum Gasteiger partial charge on any atom is -0.339 e. The van der Waals surface area contributed by atoms with Crippen molar-refractivity contribution in [3.05, 3.63) is 34.1 Å². The molecule has 2 rings (SSSR count). The summed E-state index contributed by atoms with van der Waals surface area (Å²) in [6, 6.07) is 4.64. The number of halogens is 2. The lowest BCUT2D eigenvalue weighted by molar-refractivity contribution is 0.0717. The Balaban J connectivity index is 2.13. The molecule has 104 valence electrons. The van der Waals surface area contributed by atoms with Crippen LogP contribution >= 0.6 is 15.9 Å². The van der Waals surface area contributed by atoms with E-state index >= 15 is 0 Å². The second-order valence-electron chi connectivity index (χ2n) is 5.22. The first-order valence-corrected chi connectivity index (χ1v) is 7.60. The topological polar surface area (TPSA) is 20.3 Å². The number of rotatable bonds is 2. The van der Waals surface area contributed by atoms with Crippen LogP contribution in [0.15, 0.2) is 22.7 Å². The smallest absolute Gasteiger partial charge is 0.253 e. The van der Waals surface area contributed by atoms with Gasteiger partial charge < -0.3 is 4.90 Å². The van der Waals surface area contributed by atoms with Gasteiger partial charge in [-0.2, -0.15) is 0 Å². The Morgan fingerprint density at radius 2 is 1.84 bits per heavy atom. The zero-order chi connectivity index (χ0) is 13.8. The van der Waals surface area contributed by atoms with Crippen LogP contribution in [0, 0.1) is 5.82 Å². The molecule has 0 spiro atoms. The molecule has 0 N–H and O–H groups in total. The molecule has 1 aromatic rings. The number of nitrogens with zero attached hydrogens (tertiary/aromatic N) is 1. The average Bonchev–Trinajstić information content (AvgIpc) is 2.64. The fourth-order valence-corrected chi connectivity index (χ4v) is 3.16. The summed E-state index contributed by atoms with van der Waals surface area (Å²) in [6.45, 7) is 0. The van der Waals surface area contributed by atoms with E-state index in [9.17, 15) is 9.18 Å². The van der Waals surface area contributed by atoms with Crippen LogP contribution in [0.3, 0.4) is 0 Å². The van der Waals surface area contributed by atoms with Crippen molar-refractivity contribution in [1.29, 1.82) is 0 Å². The number of benzene rings is 1. The quantitative estimate of drug-likeness (QED) is 0.738. The van der Waals surface area contributed by atoms with Crippen molar-refractivity contribution < 1.29 is 9.18 Å². The van der Waals surface area contributed by atoms with Gasteiger partial charge in [0.2, 0.25) is 0 Å². The SMILES string of the molecule is CN(C(=O)c1cc(F)cc(Br)c1)C1CCCCCC1. The standard InChI is InChI=1S/C15H19BrFNO/c1-18(14-6-4-2-3-5-7-14)15(19)11-8-12(16)10-13(17)9-11/h8-10,14H,2-7H2,1H3. The zero-order valence-electron chi connectivity index (χ0n) is 11.2. The molecule has 0 bridgehead atoms. The Hall–Kier alpha value is -0.900. The molecular weight excluding hydrogens is 309 g/mol. The van der Waals surface area contributed by atoms with Gasteiger partial charge in [0.1, 0.15) is 5.82 Å². The van der Waals surface area contributed by atoms with E-state index in [0.29, 0.717) is 10.0 Å². The van der Waals surface area contributed by atoms with Gasteiger partial charge in [0.15, 0.2) is 0 Å². The van der Waals surface area contributed by atoms with Crippen LogP contribution in [0.25, 0.3) is 0 Å². The lowest BCUT2D eigenvalue weighted by Gasteiger charge is -2.27. The van der Waals surface area contributed by atoms with Crippen molar-refractivity contribution in [3.8, 4) is 0 Å². The van der Waals surface area contributed by atoms with Crippen molar-refractivity contribution in [2.75, 3.05) is 7.05 Å². The fraction of sp³-hybridized carbons (Fsp3) is 0.533. The average molecular weight is 328 g/mol. The largest absolute Gasteiger partial charge is 0.339 e. The summed E-state index contributed by atoms with van der Waals surface area (Å²) in [5, 5.41) is 0. The molecule has 4 heteroatoms. The summed E-state index contributed by atoms with van der Waals surface area (Å²) in [6.07, 6.45) is 6.97. The number of amides is 1. The second-order valence-corrected chi connectivity index (χ2v) is 6.14. The van der Waals surface area contributed by atoms with Gasteiger partial charge in [-0.3, -0.25) is 4.79 Å². The van der Waals surface area contributed by atoms with Gasteiger partial charge in [0.05, 0.1) is 0 Å². The molecule has 1 saturated carbocycles. The van der Waals surface area contributed by atoms with E-state index in [2.05, 4.69) is 15.9 Å². The predicted octanol–water partition coefficient (Wildman–Crippen LogP) is 4.38. The summed E-state index contributed by atoms with van der Waals surface area (Å²) >= 11 is 3.23. The Bertz CT molecular complexity index is 435. The van der Waals surface area contributed by atoms with Gasteiger partial charge in [-0.25, -0.2) is 4.39 Å². The molecule has 1 amide bonds. The monoisotopic (exact) mass is 327 g/mol. The van der Waals surface area contributed by atoms with Crippen LogP contribution < -0.4 is 0 Å². The van der Waals surface area contributed by atoms with E-state index in [1.54, 1.807) is 11.0 Å².